The first kappa shape index (κ1) is 15.5. The summed E-state index contributed by atoms with van der Waals surface area (Å²) in [6, 6.07) is 11.6. The summed E-state index contributed by atoms with van der Waals surface area (Å²) in [6.45, 7) is 0.766. The highest BCUT2D eigenvalue weighted by Gasteiger charge is 2.12. The third-order valence-corrected chi connectivity index (χ3v) is 3.27. The fourth-order valence-electron chi connectivity index (χ4n) is 1.97. The highest BCUT2D eigenvalue weighted by molar-refractivity contribution is 6.30. The van der Waals surface area contributed by atoms with Gasteiger partial charge in [0.15, 0.2) is 0 Å². The smallest absolute Gasteiger partial charge is 0.254 e. The molecule has 21 heavy (non-hydrogen) atoms. The third-order valence-electron chi connectivity index (χ3n) is 3.03. The number of carbonyl (C=O) groups excluding carboxylic acids is 1. The zero-order chi connectivity index (χ0) is 15.2. The summed E-state index contributed by atoms with van der Waals surface area (Å²) in [4.78, 5) is 12.0. The van der Waals surface area contributed by atoms with Crippen molar-refractivity contribution in [2.75, 3.05) is 7.11 Å². The Morgan fingerprint density at radius 1 is 1.24 bits per heavy atom. The van der Waals surface area contributed by atoms with E-state index in [4.69, 9.17) is 16.3 Å². The minimum atomic E-state index is -0.634. The Balaban J connectivity index is 2.07. The van der Waals surface area contributed by atoms with E-state index in [-0.39, 0.29) is 10.6 Å². The number of rotatable bonds is 5. The van der Waals surface area contributed by atoms with Crippen LogP contribution < -0.4 is 5.32 Å². The van der Waals surface area contributed by atoms with Crippen molar-refractivity contribution in [2.24, 2.45) is 0 Å². The predicted molar refractivity (Wildman–Crippen MR) is 79.7 cm³/mol. The molecule has 0 heterocycles. The molecule has 0 aliphatic rings. The van der Waals surface area contributed by atoms with Crippen LogP contribution in [-0.4, -0.2) is 13.0 Å². The van der Waals surface area contributed by atoms with Crippen LogP contribution in [0.3, 0.4) is 0 Å². The summed E-state index contributed by atoms with van der Waals surface area (Å²) in [5, 5.41) is 2.96. The van der Waals surface area contributed by atoms with Gasteiger partial charge in [-0.3, -0.25) is 4.79 Å². The number of nitrogens with one attached hydrogen (secondary N) is 1. The van der Waals surface area contributed by atoms with Gasteiger partial charge in [0.05, 0.1) is 12.2 Å². The van der Waals surface area contributed by atoms with Gasteiger partial charge in [-0.05, 0) is 29.3 Å². The molecule has 2 aromatic rings. The molecule has 0 aliphatic heterocycles. The molecule has 0 radical (unpaired) electrons. The van der Waals surface area contributed by atoms with Crippen molar-refractivity contribution < 1.29 is 13.9 Å². The SMILES string of the molecule is COCc1ccccc1CNC(=O)c1ccc(Cl)cc1F. The first-order valence-corrected chi connectivity index (χ1v) is 6.78. The molecular weight excluding hydrogens is 293 g/mol. The summed E-state index contributed by atoms with van der Waals surface area (Å²) in [5.41, 5.74) is 1.89. The van der Waals surface area contributed by atoms with Gasteiger partial charge in [0.2, 0.25) is 0 Å². The van der Waals surface area contributed by atoms with Crippen LogP contribution in [0.1, 0.15) is 21.5 Å². The second-order valence-electron chi connectivity index (χ2n) is 4.51. The lowest BCUT2D eigenvalue weighted by Gasteiger charge is -2.10. The Kier molecular flexibility index (Phi) is 5.31. The Morgan fingerprint density at radius 2 is 1.95 bits per heavy atom. The van der Waals surface area contributed by atoms with Crippen molar-refractivity contribution in [2.45, 2.75) is 13.2 Å². The zero-order valence-corrected chi connectivity index (χ0v) is 12.3. The molecular formula is C16H15ClFNO2. The van der Waals surface area contributed by atoms with Gasteiger partial charge in [0, 0.05) is 18.7 Å². The molecule has 0 atom stereocenters. The summed E-state index contributed by atoms with van der Waals surface area (Å²) in [7, 11) is 1.61. The van der Waals surface area contributed by atoms with E-state index in [1.54, 1.807) is 7.11 Å². The van der Waals surface area contributed by atoms with Crippen LogP contribution in [0.15, 0.2) is 42.5 Å². The quantitative estimate of drug-likeness (QED) is 0.917. The highest BCUT2D eigenvalue weighted by Crippen LogP contribution is 2.15. The van der Waals surface area contributed by atoms with E-state index in [2.05, 4.69) is 5.32 Å². The molecule has 1 N–H and O–H groups in total. The lowest BCUT2D eigenvalue weighted by Crippen LogP contribution is -2.24. The number of amides is 1. The van der Waals surface area contributed by atoms with E-state index in [0.29, 0.717) is 13.2 Å². The molecule has 110 valence electrons. The molecule has 0 aliphatic carbocycles. The summed E-state index contributed by atoms with van der Waals surface area (Å²) in [6.07, 6.45) is 0. The maximum absolute atomic E-state index is 13.7. The van der Waals surface area contributed by atoms with E-state index >= 15 is 0 Å². The topological polar surface area (TPSA) is 38.3 Å². The second-order valence-corrected chi connectivity index (χ2v) is 4.95. The van der Waals surface area contributed by atoms with Crippen LogP contribution in [0, 0.1) is 5.82 Å². The van der Waals surface area contributed by atoms with Crippen molar-refractivity contribution in [3.05, 3.63) is 70.0 Å². The van der Waals surface area contributed by atoms with Crippen LogP contribution >= 0.6 is 11.6 Å². The lowest BCUT2D eigenvalue weighted by atomic mass is 10.1. The minimum Gasteiger partial charge on any atom is -0.380 e. The number of halogens is 2. The highest BCUT2D eigenvalue weighted by atomic mass is 35.5. The molecule has 0 spiro atoms. The van der Waals surface area contributed by atoms with Gasteiger partial charge in [-0.1, -0.05) is 35.9 Å². The number of ether oxygens (including phenoxy) is 1. The van der Waals surface area contributed by atoms with Gasteiger partial charge >= 0.3 is 0 Å². The predicted octanol–water partition coefficient (Wildman–Crippen LogP) is 3.56. The number of methoxy groups -OCH3 is 1. The third kappa shape index (κ3) is 4.03. The zero-order valence-electron chi connectivity index (χ0n) is 11.5. The van der Waals surface area contributed by atoms with Crippen LogP contribution in [0.25, 0.3) is 0 Å². The molecule has 0 fully saturated rings. The first-order valence-electron chi connectivity index (χ1n) is 6.41. The van der Waals surface area contributed by atoms with Crippen molar-refractivity contribution >= 4 is 17.5 Å². The van der Waals surface area contributed by atoms with Crippen LogP contribution in [0.2, 0.25) is 5.02 Å². The number of hydrogen-bond acceptors (Lipinski definition) is 2. The lowest BCUT2D eigenvalue weighted by molar-refractivity contribution is 0.0946. The molecule has 1 amide bonds. The number of benzene rings is 2. The van der Waals surface area contributed by atoms with E-state index in [9.17, 15) is 9.18 Å². The van der Waals surface area contributed by atoms with Gasteiger partial charge in [-0.25, -0.2) is 4.39 Å². The van der Waals surface area contributed by atoms with Crippen molar-refractivity contribution in [3.8, 4) is 0 Å². The maximum Gasteiger partial charge on any atom is 0.254 e. The molecule has 3 nitrogen and oxygen atoms in total. The Labute approximate surface area is 127 Å². The van der Waals surface area contributed by atoms with Crippen LogP contribution in [0.4, 0.5) is 4.39 Å². The molecule has 0 aromatic heterocycles. The molecule has 5 heteroatoms. The molecule has 2 aromatic carbocycles. The number of carbonyl (C=O) groups is 1. The van der Waals surface area contributed by atoms with E-state index in [1.807, 2.05) is 24.3 Å². The summed E-state index contributed by atoms with van der Waals surface area (Å²) >= 11 is 5.66. The average Bonchev–Trinajstić information content (AvgIpc) is 2.46. The van der Waals surface area contributed by atoms with E-state index < -0.39 is 11.7 Å². The van der Waals surface area contributed by atoms with Gasteiger partial charge in [-0.2, -0.15) is 0 Å². The summed E-state index contributed by atoms with van der Waals surface area (Å²) < 4.78 is 18.8. The first-order chi connectivity index (χ1) is 10.1. The standard InChI is InChI=1S/C16H15ClFNO2/c1-21-10-12-5-3-2-4-11(12)9-19-16(20)14-7-6-13(17)8-15(14)18/h2-8H,9-10H2,1H3,(H,19,20). The maximum atomic E-state index is 13.7. The monoisotopic (exact) mass is 307 g/mol. The molecule has 2 rings (SSSR count). The fraction of sp³-hybridized carbons (Fsp3) is 0.188. The van der Waals surface area contributed by atoms with Crippen LogP contribution in [-0.2, 0) is 17.9 Å². The van der Waals surface area contributed by atoms with Gasteiger partial charge < -0.3 is 10.1 Å². The Hall–Kier alpha value is -1.91. The van der Waals surface area contributed by atoms with Gasteiger partial charge in [0.1, 0.15) is 5.82 Å². The Morgan fingerprint density at radius 3 is 2.62 bits per heavy atom. The molecule has 0 unspecified atom stereocenters. The van der Waals surface area contributed by atoms with E-state index in [1.165, 1.54) is 12.1 Å². The second kappa shape index (κ2) is 7.20. The van der Waals surface area contributed by atoms with Crippen LogP contribution in [0.5, 0.6) is 0 Å². The Bertz CT molecular complexity index is 646. The fourth-order valence-corrected chi connectivity index (χ4v) is 2.13. The summed E-state index contributed by atoms with van der Waals surface area (Å²) in [5.74, 6) is -1.11. The van der Waals surface area contributed by atoms with Crippen molar-refractivity contribution in [1.82, 2.24) is 5.32 Å². The minimum absolute atomic E-state index is 0.0244. The van der Waals surface area contributed by atoms with Gasteiger partial charge in [0.25, 0.3) is 5.91 Å². The number of hydrogen-bond donors (Lipinski definition) is 1. The molecule has 0 saturated heterocycles. The van der Waals surface area contributed by atoms with Gasteiger partial charge in [-0.15, -0.1) is 0 Å². The molecule has 0 saturated carbocycles. The van der Waals surface area contributed by atoms with Crippen molar-refractivity contribution in [3.63, 3.8) is 0 Å². The molecule has 0 bridgehead atoms. The van der Waals surface area contributed by atoms with E-state index in [0.717, 1.165) is 17.2 Å². The largest absolute Gasteiger partial charge is 0.380 e. The van der Waals surface area contributed by atoms with Crippen molar-refractivity contribution in [1.29, 1.82) is 0 Å². The normalized spacial score (nSPS) is 10.4. The average molecular weight is 308 g/mol.